The summed E-state index contributed by atoms with van der Waals surface area (Å²) in [5.74, 6) is -0.402. The molecule has 2 heterocycles. The number of urea groups is 1. The number of hydrogen-bond acceptors (Lipinski definition) is 2. The average Bonchev–Trinajstić information content (AvgIpc) is 3.30. The van der Waals surface area contributed by atoms with Crippen molar-refractivity contribution in [1.29, 1.82) is 0 Å². The van der Waals surface area contributed by atoms with Gasteiger partial charge in [0.05, 0.1) is 23.2 Å². The molecule has 0 spiro atoms. The Morgan fingerprint density at radius 2 is 1.44 bits per heavy atom. The van der Waals surface area contributed by atoms with Gasteiger partial charge < -0.3 is 9.80 Å². The van der Waals surface area contributed by atoms with Gasteiger partial charge in [-0.1, -0.05) is 25.3 Å². The van der Waals surface area contributed by atoms with E-state index < -0.39 is 47.4 Å². The standard InChI is InChI=1S/C30H36F7N3O/c1-19-15-24(31)9-10-25(19)27-26(39-12-7-5-4-6-8-13-39)11-14-40(27)28(41)38(3)20(2)21-16-22(29(32,33)34)18-23(17-21)30(35,36)37/h9-10,15-18,20,26-27H,4-8,11-14H2,1-3H3/t20-,26?,27?/m0/s1. The summed E-state index contributed by atoms with van der Waals surface area (Å²) in [5.41, 5.74) is -1.66. The third-order valence-corrected chi connectivity index (χ3v) is 8.50. The van der Waals surface area contributed by atoms with E-state index in [0.717, 1.165) is 44.3 Å². The van der Waals surface area contributed by atoms with Crippen molar-refractivity contribution in [2.75, 3.05) is 26.7 Å². The molecule has 0 N–H and O–H groups in total. The Bertz CT molecular complexity index is 1190. The molecule has 0 bridgehead atoms. The number of carbonyl (C=O) groups is 1. The van der Waals surface area contributed by atoms with Crippen LogP contribution in [0.4, 0.5) is 35.5 Å². The van der Waals surface area contributed by atoms with Gasteiger partial charge in [-0.05, 0) is 93.2 Å². The van der Waals surface area contributed by atoms with Crippen LogP contribution in [0.2, 0.25) is 0 Å². The molecule has 4 rings (SSSR count). The number of alkyl halides is 6. The highest BCUT2D eigenvalue weighted by Crippen LogP contribution is 2.41. The van der Waals surface area contributed by atoms with Gasteiger partial charge in [0.25, 0.3) is 0 Å². The molecule has 0 saturated carbocycles. The Morgan fingerprint density at radius 3 is 1.98 bits per heavy atom. The third kappa shape index (κ3) is 6.98. The van der Waals surface area contributed by atoms with E-state index in [1.54, 1.807) is 17.9 Å². The summed E-state index contributed by atoms with van der Waals surface area (Å²) in [7, 11) is 1.39. The lowest BCUT2D eigenvalue weighted by atomic mass is 9.93. The maximum atomic E-state index is 14.0. The molecule has 2 aliphatic rings. The molecule has 4 nitrogen and oxygen atoms in total. The highest BCUT2D eigenvalue weighted by molar-refractivity contribution is 5.76. The molecule has 2 aliphatic heterocycles. The first-order valence-corrected chi connectivity index (χ1v) is 14.0. The summed E-state index contributed by atoms with van der Waals surface area (Å²) in [5, 5.41) is 0. The van der Waals surface area contributed by atoms with E-state index in [1.807, 2.05) is 0 Å². The molecule has 41 heavy (non-hydrogen) atoms. The third-order valence-electron chi connectivity index (χ3n) is 8.50. The average molecular weight is 588 g/mol. The Labute approximate surface area is 236 Å². The van der Waals surface area contributed by atoms with Crippen LogP contribution in [0.1, 0.15) is 85.3 Å². The van der Waals surface area contributed by atoms with Crippen LogP contribution in [0.5, 0.6) is 0 Å². The maximum Gasteiger partial charge on any atom is 0.416 e. The van der Waals surface area contributed by atoms with Crippen LogP contribution < -0.4 is 0 Å². The first-order chi connectivity index (χ1) is 19.2. The predicted molar refractivity (Wildman–Crippen MR) is 142 cm³/mol. The minimum absolute atomic E-state index is 0.0460. The van der Waals surface area contributed by atoms with E-state index in [0.29, 0.717) is 30.7 Å². The Hall–Kier alpha value is -2.82. The number of halogens is 7. The van der Waals surface area contributed by atoms with Crippen molar-refractivity contribution in [3.8, 4) is 0 Å². The molecule has 11 heteroatoms. The van der Waals surface area contributed by atoms with E-state index in [2.05, 4.69) is 4.90 Å². The second-order valence-corrected chi connectivity index (χ2v) is 11.2. The van der Waals surface area contributed by atoms with Gasteiger partial charge in [-0.2, -0.15) is 26.3 Å². The second-order valence-electron chi connectivity index (χ2n) is 11.2. The summed E-state index contributed by atoms with van der Waals surface area (Å²) in [6.07, 6.45) is -3.88. The van der Waals surface area contributed by atoms with E-state index in [4.69, 9.17) is 0 Å². The molecule has 226 valence electrons. The fraction of sp³-hybridized carbons (Fsp3) is 0.567. The van der Waals surface area contributed by atoms with Gasteiger partial charge in [0.2, 0.25) is 0 Å². The highest BCUT2D eigenvalue weighted by atomic mass is 19.4. The van der Waals surface area contributed by atoms with Gasteiger partial charge in [0, 0.05) is 19.6 Å². The van der Waals surface area contributed by atoms with Crippen LogP contribution in [-0.4, -0.2) is 53.5 Å². The van der Waals surface area contributed by atoms with Crippen LogP contribution >= 0.6 is 0 Å². The van der Waals surface area contributed by atoms with Crippen molar-refractivity contribution in [3.63, 3.8) is 0 Å². The molecular formula is C30H36F7N3O. The minimum Gasteiger partial charge on any atom is -0.321 e. The van der Waals surface area contributed by atoms with Crippen LogP contribution in [0.25, 0.3) is 0 Å². The number of likely N-dealkylation sites (tertiary alicyclic amines) is 2. The first-order valence-electron chi connectivity index (χ1n) is 14.0. The zero-order valence-corrected chi connectivity index (χ0v) is 23.5. The number of rotatable bonds is 4. The van der Waals surface area contributed by atoms with Gasteiger partial charge in [-0.25, -0.2) is 9.18 Å². The molecule has 2 aromatic carbocycles. The van der Waals surface area contributed by atoms with E-state index in [9.17, 15) is 35.5 Å². The molecule has 0 radical (unpaired) electrons. The number of carbonyl (C=O) groups excluding carboxylic acids is 1. The highest BCUT2D eigenvalue weighted by Gasteiger charge is 2.44. The van der Waals surface area contributed by atoms with E-state index in [1.165, 1.54) is 37.4 Å². The smallest absolute Gasteiger partial charge is 0.321 e. The summed E-state index contributed by atoms with van der Waals surface area (Å²) in [6.45, 7) is 5.27. The van der Waals surface area contributed by atoms with Crippen molar-refractivity contribution in [3.05, 3.63) is 70.0 Å². The van der Waals surface area contributed by atoms with Crippen LogP contribution in [0.15, 0.2) is 36.4 Å². The van der Waals surface area contributed by atoms with Gasteiger partial charge >= 0.3 is 18.4 Å². The summed E-state index contributed by atoms with van der Waals surface area (Å²) in [6, 6.07) is 3.77. The molecule has 2 fully saturated rings. The number of hydrogen-bond donors (Lipinski definition) is 0. The van der Waals surface area contributed by atoms with E-state index in [-0.39, 0.29) is 17.7 Å². The summed E-state index contributed by atoms with van der Waals surface area (Å²) in [4.78, 5) is 19.2. The molecule has 2 aromatic rings. The van der Waals surface area contributed by atoms with Crippen LogP contribution in [0, 0.1) is 12.7 Å². The number of amides is 2. The molecule has 0 aliphatic carbocycles. The van der Waals surface area contributed by atoms with Gasteiger partial charge in [0.15, 0.2) is 0 Å². The van der Waals surface area contributed by atoms with Gasteiger partial charge in [-0.15, -0.1) is 0 Å². The minimum atomic E-state index is -4.99. The fourth-order valence-electron chi connectivity index (χ4n) is 6.13. The zero-order chi connectivity index (χ0) is 30.1. The normalized spacial score (nSPS) is 21.9. The second kappa shape index (κ2) is 12.2. The van der Waals surface area contributed by atoms with Gasteiger partial charge in [-0.3, -0.25) is 4.90 Å². The Kier molecular flexibility index (Phi) is 9.26. The number of benzene rings is 2. The Morgan fingerprint density at radius 1 is 0.878 bits per heavy atom. The predicted octanol–water partition coefficient (Wildman–Crippen LogP) is 8.37. The molecule has 2 saturated heterocycles. The van der Waals surface area contributed by atoms with Crippen molar-refractivity contribution < 1.29 is 35.5 Å². The quantitative estimate of drug-likeness (QED) is 0.336. The summed E-state index contributed by atoms with van der Waals surface area (Å²) < 4.78 is 95.0. The first kappa shape index (κ1) is 31.1. The lowest BCUT2D eigenvalue weighted by Gasteiger charge is -2.39. The topological polar surface area (TPSA) is 26.8 Å². The van der Waals surface area contributed by atoms with Crippen molar-refractivity contribution in [2.24, 2.45) is 0 Å². The van der Waals surface area contributed by atoms with Crippen LogP contribution in [0.3, 0.4) is 0 Å². The molecule has 3 atom stereocenters. The molecule has 2 amide bonds. The fourth-order valence-corrected chi connectivity index (χ4v) is 6.13. The maximum absolute atomic E-state index is 14.0. The summed E-state index contributed by atoms with van der Waals surface area (Å²) >= 11 is 0. The number of aryl methyl sites for hydroxylation is 1. The zero-order valence-electron chi connectivity index (χ0n) is 23.5. The van der Waals surface area contributed by atoms with Crippen LogP contribution in [-0.2, 0) is 12.4 Å². The largest absolute Gasteiger partial charge is 0.416 e. The van der Waals surface area contributed by atoms with Gasteiger partial charge in [0.1, 0.15) is 5.82 Å². The molecular weight excluding hydrogens is 551 g/mol. The SMILES string of the molecule is Cc1cc(F)ccc1C1C(N2CCCCCCC2)CCN1C(=O)N(C)[C@@H](C)c1cc(C(F)(F)F)cc(C(F)(F)F)c1. The van der Waals surface area contributed by atoms with E-state index >= 15 is 0 Å². The lowest BCUT2D eigenvalue weighted by molar-refractivity contribution is -0.143. The van der Waals surface area contributed by atoms with Crippen molar-refractivity contribution in [2.45, 2.75) is 82.9 Å². The number of nitrogens with zero attached hydrogens (tertiary/aromatic N) is 3. The van der Waals surface area contributed by atoms with Crippen molar-refractivity contribution >= 4 is 6.03 Å². The lowest BCUT2D eigenvalue weighted by Crippen LogP contribution is -2.46. The monoisotopic (exact) mass is 587 g/mol. The molecule has 0 aromatic heterocycles. The van der Waals surface area contributed by atoms with Crippen molar-refractivity contribution in [1.82, 2.24) is 14.7 Å². The Balaban J connectivity index is 1.68. The molecule has 2 unspecified atom stereocenters.